The largest absolute Gasteiger partial charge is 0.480 e. The van der Waals surface area contributed by atoms with Crippen molar-refractivity contribution in [2.75, 3.05) is 20.2 Å². The molecule has 0 aromatic carbocycles. The van der Waals surface area contributed by atoms with Gasteiger partial charge in [0.05, 0.1) is 7.11 Å². The van der Waals surface area contributed by atoms with E-state index in [2.05, 4.69) is 14.9 Å². The summed E-state index contributed by atoms with van der Waals surface area (Å²) in [5.74, 6) is 0.448. The Balaban J connectivity index is 2.02. The van der Waals surface area contributed by atoms with Crippen LogP contribution in [0.3, 0.4) is 0 Å². The van der Waals surface area contributed by atoms with Crippen molar-refractivity contribution in [3.05, 3.63) is 18.1 Å². The molecule has 5 heteroatoms. The zero-order valence-electron chi connectivity index (χ0n) is 9.96. The molecule has 2 unspecified atom stereocenters. The van der Waals surface area contributed by atoms with Crippen LogP contribution >= 0.6 is 0 Å². The van der Waals surface area contributed by atoms with E-state index in [9.17, 15) is 5.11 Å². The molecule has 92 valence electrons. The Morgan fingerprint density at radius 3 is 3.06 bits per heavy atom. The van der Waals surface area contributed by atoms with E-state index >= 15 is 0 Å². The predicted molar refractivity (Wildman–Crippen MR) is 61.7 cm³/mol. The van der Waals surface area contributed by atoms with Gasteiger partial charge in [-0.25, -0.2) is 4.98 Å². The van der Waals surface area contributed by atoms with Crippen LogP contribution in [-0.2, 0) is 5.60 Å². The van der Waals surface area contributed by atoms with E-state index in [1.807, 2.05) is 0 Å². The van der Waals surface area contributed by atoms with E-state index < -0.39 is 5.60 Å². The molecule has 2 aliphatic heterocycles. The summed E-state index contributed by atoms with van der Waals surface area (Å²) < 4.78 is 5.22. The SMILES string of the molecule is COc1nccnc1C1(O)CCN2CCCC21. The summed E-state index contributed by atoms with van der Waals surface area (Å²) in [6, 6.07) is 0.174. The molecule has 5 nitrogen and oxygen atoms in total. The van der Waals surface area contributed by atoms with Gasteiger partial charge in [0.2, 0.25) is 5.88 Å². The lowest BCUT2D eigenvalue weighted by Crippen LogP contribution is -2.39. The normalized spacial score (nSPS) is 32.7. The Labute approximate surface area is 100 Å². The van der Waals surface area contributed by atoms with Crippen molar-refractivity contribution in [3.63, 3.8) is 0 Å². The first-order valence-electron chi connectivity index (χ1n) is 6.07. The lowest BCUT2D eigenvalue weighted by molar-refractivity contribution is 0.00262. The van der Waals surface area contributed by atoms with Crippen LogP contribution in [-0.4, -0.2) is 46.2 Å². The summed E-state index contributed by atoms with van der Waals surface area (Å²) in [5.41, 5.74) is -0.298. The summed E-state index contributed by atoms with van der Waals surface area (Å²) in [6.07, 6.45) is 6.10. The Morgan fingerprint density at radius 2 is 2.24 bits per heavy atom. The van der Waals surface area contributed by atoms with Crippen molar-refractivity contribution < 1.29 is 9.84 Å². The summed E-state index contributed by atoms with van der Waals surface area (Å²) in [7, 11) is 1.57. The second-order valence-corrected chi connectivity index (χ2v) is 4.78. The smallest absolute Gasteiger partial charge is 0.238 e. The van der Waals surface area contributed by atoms with Gasteiger partial charge in [0.1, 0.15) is 11.3 Å². The van der Waals surface area contributed by atoms with Crippen molar-refractivity contribution >= 4 is 0 Å². The van der Waals surface area contributed by atoms with Crippen molar-refractivity contribution in [3.8, 4) is 5.88 Å². The van der Waals surface area contributed by atoms with Gasteiger partial charge in [-0.2, -0.15) is 0 Å². The van der Waals surface area contributed by atoms with E-state index in [-0.39, 0.29) is 6.04 Å². The van der Waals surface area contributed by atoms with Gasteiger partial charge in [0, 0.05) is 25.0 Å². The molecule has 2 saturated heterocycles. The quantitative estimate of drug-likeness (QED) is 0.810. The molecule has 0 bridgehead atoms. The van der Waals surface area contributed by atoms with Gasteiger partial charge in [-0.1, -0.05) is 0 Å². The lowest BCUT2D eigenvalue weighted by atomic mass is 9.89. The molecule has 2 fully saturated rings. The van der Waals surface area contributed by atoms with Crippen LogP contribution in [0.5, 0.6) is 5.88 Å². The maximum atomic E-state index is 10.9. The minimum Gasteiger partial charge on any atom is -0.480 e. The van der Waals surface area contributed by atoms with Crippen molar-refractivity contribution in [1.82, 2.24) is 14.9 Å². The fourth-order valence-corrected chi connectivity index (χ4v) is 3.16. The molecule has 1 N–H and O–H groups in total. The highest BCUT2D eigenvalue weighted by Crippen LogP contribution is 2.44. The van der Waals surface area contributed by atoms with Crippen molar-refractivity contribution in [2.24, 2.45) is 0 Å². The van der Waals surface area contributed by atoms with Crippen LogP contribution < -0.4 is 4.74 Å². The number of nitrogens with zero attached hydrogens (tertiary/aromatic N) is 3. The average Bonchev–Trinajstić information content (AvgIpc) is 2.94. The topological polar surface area (TPSA) is 58.5 Å². The average molecular weight is 235 g/mol. The van der Waals surface area contributed by atoms with Crippen LogP contribution in [0.15, 0.2) is 12.4 Å². The van der Waals surface area contributed by atoms with Crippen molar-refractivity contribution in [1.29, 1.82) is 0 Å². The molecule has 0 spiro atoms. The zero-order valence-corrected chi connectivity index (χ0v) is 9.96. The molecular formula is C12H17N3O2. The highest BCUT2D eigenvalue weighted by atomic mass is 16.5. The van der Waals surface area contributed by atoms with Crippen LogP contribution in [0, 0.1) is 0 Å². The number of rotatable bonds is 2. The number of aliphatic hydroxyl groups is 1. The molecule has 0 aliphatic carbocycles. The van der Waals surface area contributed by atoms with E-state index in [4.69, 9.17) is 4.74 Å². The first-order valence-corrected chi connectivity index (χ1v) is 6.07. The van der Waals surface area contributed by atoms with Gasteiger partial charge in [-0.05, 0) is 25.8 Å². The number of ether oxygens (including phenoxy) is 1. The second-order valence-electron chi connectivity index (χ2n) is 4.78. The standard InChI is InChI=1S/C12H17N3O2/c1-17-11-10(13-5-6-14-11)12(16)4-8-15-7-2-3-9(12)15/h5-6,9,16H,2-4,7-8H2,1H3. The fourth-order valence-electron chi connectivity index (χ4n) is 3.16. The van der Waals surface area contributed by atoms with Gasteiger partial charge < -0.3 is 9.84 Å². The van der Waals surface area contributed by atoms with Gasteiger partial charge in [-0.3, -0.25) is 9.88 Å². The molecule has 2 aliphatic rings. The lowest BCUT2D eigenvalue weighted by Gasteiger charge is -2.29. The molecule has 3 rings (SSSR count). The number of hydrogen-bond donors (Lipinski definition) is 1. The van der Waals surface area contributed by atoms with Crippen LogP contribution in [0.4, 0.5) is 0 Å². The maximum Gasteiger partial charge on any atom is 0.238 e. The Morgan fingerprint density at radius 1 is 1.41 bits per heavy atom. The Kier molecular flexibility index (Phi) is 2.52. The predicted octanol–water partition coefficient (Wildman–Crippen LogP) is 0.541. The first kappa shape index (κ1) is 10.9. The minimum atomic E-state index is -0.893. The van der Waals surface area contributed by atoms with Gasteiger partial charge in [0.25, 0.3) is 0 Å². The van der Waals surface area contributed by atoms with Gasteiger partial charge in [-0.15, -0.1) is 0 Å². The molecule has 17 heavy (non-hydrogen) atoms. The van der Waals surface area contributed by atoms with Crippen LogP contribution in [0.1, 0.15) is 25.0 Å². The monoisotopic (exact) mass is 235 g/mol. The minimum absolute atomic E-state index is 0.174. The highest BCUT2D eigenvalue weighted by Gasteiger charge is 2.51. The third-order valence-electron chi connectivity index (χ3n) is 3.96. The second kappa shape index (κ2) is 3.92. The van der Waals surface area contributed by atoms with Gasteiger partial charge in [0.15, 0.2) is 0 Å². The van der Waals surface area contributed by atoms with E-state index in [1.165, 1.54) is 0 Å². The zero-order chi connectivity index (χ0) is 11.9. The number of methoxy groups -OCH3 is 1. The van der Waals surface area contributed by atoms with E-state index in [0.29, 0.717) is 18.0 Å². The van der Waals surface area contributed by atoms with Crippen LogP contribution in [0.2, 0.25) is 0 Å². The molecule has 0 radical (unpaired) electrons. The number of hydrogen-bond acceptors (Lipinski definition) is 5. The first-order chi connectivity index (χ1) is 8.25. The molecule has 1 aromatic heterocycles. The molecule has 1 aromatic rings. The van der Waals surface area contributed by atoms with Gasteiger partial charge >= 0.3 is 0 Å². The molecule has 0 amide bonds. The van der Waals surface area contributed by atoms with Crippen molar-refractivity contribution in [2.45, 2.75) is 30.9 Å². The summed E-state index contributed by atoms with van der Waals surface area (Å²) in [5, 5.41) is 10.9. The van der Waals surface area contributed by atoms with Crippen LogP contribution in [0.25, 0.3) is 0 Å². The third-order valence-corrected chi connectivity index (χ3v) is 3.96. The fraction of sp³-hybridized carbons (Fsp3) is 0.667. The maximum absolute atomic E-state index is 10.9. The Hall–Kier alpha value is -1.20. The summed E-state index contributed by atoms with van der Waals surface area (Å²) in [4.78, 5) is 10.8. The molecule has 3 heterocycles. The summed E-state index contributed by atoms with van der Waals surface area (Å²) in [6.45, 7) is 2.01. The van der Waals surface area contributed by atoms with E-state index in [1.54, 1.807) is 19.5 Å². The number of aromatic nitrogens is 2. The van der Waals surface area contributed by atoms with E-state index in [0.717, 1.165) is 25.9 Å². The molecule has 2 atom stereocenters. The summed E-state index contributed by atoms with van der Waals surface area (Å²) >= 11 is 0. The molecule has 0 saturated carbocycles. The highest BCUT2D eigenvalue weighted by molar-refractivity contribution is 5.28. The number of fused-ring (bicyclic) bond motifs is 1. The third kappa shape index (κ3) is 1.53. The molecular weight excluding hydrogens is 218 g/mol. The Bertz CT molecular complexity index is 426.